The van der Waals surface area contributed by atoms with Crippen LogP contribution in [0.25, 0.3) is 0 Å². The molecule has 21 heavy (non-hydrogen) atoms. The van der Waals surface area contributed by atoms with Gasteiger partial charge in [-0.3, -0.25) is 0 Å². The van der Waals surface area contributed by atoms with Crippen LogP contribution in [0.1, 0.15) is 48.9 Å². The molecular formula is C17H29NO2S. The van der Waals surface area contributed by atoms with Gasteiger partial charge >= 0.3 is 0 Å². The number of rotatable bonds is 6. The number of thiophene rings is 1. The molecule has 4 heteroatoms. The van der Waals surface area contributed by atoms with Crippen molar-refractivity contribution in [2.24, 2.45) is 5.92 Å². The predicted molar refractivity (Wildman–Crippen MR) is 88.8 cm³/mol. The Morgan fingerprint density at radius 1 is 1.33 bits per heavy atom. The molecule has 120 valence electrons. The van der Waals surface area contributed by atoms with Crippen molar-refractivity contribution in [1.29, 1.82) is 0 Å². The lowest BCUT2D eigenvalue weighted by Gasteiger charge is -2.21. The Bertz CT molecular complexity index is 430. The first-order chi connectivity index (χ1) is 9.94. The fraction of sp³-hybridized carbons (Fsp3) is 0.765. The molecule has 1 aliphatic heterocycles. The van der Waals surface area contributed by atoms with Gasteiger partial charge in [0.1, 0.15) is 0 Å². The standard InChI is InChI=1S/C17H29NO2S/c1-13-15(9-16(21-13)10-18-17(2,3)4)12-20-11-14-5-7-19-8-6-14/h9,14,18H,5-8,10-12H2,1-4H3. The minimum absolute atomic E-state index is 0.164. The molecule has 2 rings (SSSR count). The summed E-state index contributed by atoms with van der Waals surface area (Å²) in [5, 5.41) is 3.54. The Morgan fingerprint density at radius 2 is 2.05 bits per heavy atom. The molecule has 0 unspecified atom stereocenters. The van der Waals surface area contributed by atoms with Gasteiger partial charge in [-0.2, -0.15) is 0 Å². The molecule has 1 aliphatic rings. The van der Waals surface area contributed by atoms with Crippen LogP contribution in [0.4, 0.5) is 0 Å². The Kier molecular flexibility index (Phi) is 6.23. The highest BCUT2D eigenvalue weighted by atomic mass is 32.1. The van der Waals surface area contributed by atoms with E-state index in [2.05, 4.69) is 39.1 Å². The number of hydrogen-bond acceptors (Lipinski definition) is 4. The quantitative estimate of drug-likeness (QED) is 0.864. The van der Waals surface area contributed by atoms with E-state index in [1.807, 2.05) is 11.3 Å². The van der Waals surface area contributed by atoms with Crippen LogP contribution in [0.2, 0.25) is 0 Å². The lowest BCUT2D eigenvalue weighted by atomic mass is 10.0. The Hall–Kier alpha value is -0.420. The maximum absolute atomic E-state index is 5.93. The Balaban J connectivity index is 1.76. The summed E-state index contributed by atoms with van der Waals surface area (Å²) in [5.41, 5.74) is 1.51. The van der Waals surface area contributed by atoms with E-state index in [9.17, 15) is 0 Å². The molecule has 2 heterocycles. The Morgan fingerprint density at radius 3 is 2.71 bits per heavy atom. The maximum Gasteiger partial charge on any atom is 0.0727 e. The number of ether oxygens (including phenoxy) is 2. The van der Waals surface area contributed by atoms with E-state index in [4.69, 9.17) is 9.47 Å². The van der Waals surface area contributed by atoms with Crippen molar-refractivity contribution in [2.75, 3.05) is 19.8 Å². The first-order valence-electron chi connectivity index (χ1n) is 7.93. The summed E-state index contributed by atoms with van der Waals surface area (Å²) in [4.78, 5) is 2.78. The second-order valence-corrected chi connectivity index (χ2v) is 8.31. The van der Waals surface area contributed by atoms with Gasteiger partial charge in [-0.1, -0.05) is 0 Å². The molecule has 0 bridgehead atoms. The van der Waals surface area contributed by atoms with Gasteiger partial charge < -0.3 is 14.8 Å². The van der Waals surface area contributed by atoms with Crippen molar-refractivity contribution in [3.8, 4) is 0 Å². The summed E-state index contributed by atoms with van der Waals surface area (Å²) in [5.74, 6) is 0.680. The van der Waals surface area contributed by atoms with E-state index in [-0.39, 0.29) is 5.54 Å². The van der Waals surface area contributed by atoms with Gasteiger partial charge in [0, 0.05) is 35.1 Å². The lowest BCUT2D eigenvalue weighted by molar-refractivity contribution is 0.0157. The topological polar surface area (TPSA) is 30.5 Å². The monoisotopic (exact) mass is 311 g/mol. The zero-order valence-electron chi connectivity index (χ0n) is 13.8. The van der Waals surface area contributed by atoms with Gasteiger partial charge in [0.25, 0.3) is 0 Å². The molecule has 0 aliphatic carbocycles. The third-order valence-electron chi connectivity index (χ3n) is 3.82. The second kappa shape index (κ2) is 7.73. The molecule has 0 radical (unpaired) electrons. The van der Waals surface area contributed by atoms with Crippen LogP contribution in [-0.4, -0.2) is 25.4 Å². The minimum Gasteiger partial charge on any atom is -0.381 e. The van der Waals surface area contributed by atoms with Crippen molar-refractivity contribution < 1.29 is 9.47 Å². The van der Waals surface area contributed by atoms with Gasteiger partial charge in [0.15, 0.2) is 0 Å². The minimum atomic E-state index is 0.164. The van der Waals surface area contributed by atoms with Gasteiger partial charge in [-0.05, 0) is 58.1 Å². The summed E-state index contributed by atoms with van der Waals surface area (Å²) in [6.45, 7) is 13.1. The highest BCUT2D eigenvalue weighted by Gasteiger charge is 2.15. The fourth-order valence-corrected chi connectivity index (χ4v) is 3.41. The molecule has 0 aromatic carbocycles. The summed E-state index contributed by atoms with van der Waals surface area (Å²) >= 11 is 1.88. The van der Waals surface area contributed by atoms with Crippen molar-refractivity contribution in [3.05, 3.63) is 21.4 Å². The SMILES string of the molecule is Cc1sc(CNC(C)(C)C)cc1COCC1CCOCC1. The van der Waals surface area contributed by atoms with Crippen LogP contribution in [0.5, 0.6) is 0 Å². The second-order valence-electron chi connectivity index (χ2n) is 6.97. The van der Waals surface area contributed by atoms with Gasteiger partial charge in [0.2, 0.25) is 0 Å². The van der Waals surface area contributed by atoms with Gasteiger partial charge in [-0.15, -0.1) is 11.3 Å². The van der Waals surface area contributed by atoms with E-state index in [0.717, 1.165) is 45.8 Å². The zero-order chi connectivity index (χ0) is 15.3. The smallest absolute Gasteiger partial charge is 0.0727 e. The van der Waals surface area contributed by atoms with Crippen molar-refractivity contribution >= 4 is 11.3 Å². The highest BCUT2D eigenvalue weighted by Crippen LogP contribution is 2.23. The summed E-state index contributed by atoms with van der Waals surface area (Å²) in [6.07, 6.45) is 2.28. The fourth-order valence-electron chi connectivity index (χ4n) is 2.42. The average Bonchev–Trinajstić information content (AvgIpc) is 2.78. The third-order valence-corrected chi connectivity index (χ3v) is 4.91. The van der Waals surface area contributed by atoms with Gasteiger partial charge in [0.05, 0.1) is 13.2 Å². The lowest BCUT2D eigenvalue weighted by Crippen LogP contribution is -2.34. The van der Waals surface area contributed by atoms with Crippen molar-refractivity contribution in [1.82, 2.24) is 5.32 Å². The van der Waals surface area contributed by atoms with E-state index >= 15 is 0 Å². The molecule has 1 aromatic heterocycles. The van der Waals surface area contributed by atoms with E-state index in [1.54, 1.807) is 0 Å². The largest absolute Gasteiger partial charge is 0.381 e. The number of aryl methyl sites for hydroxylation is 1. The first-order valence-corrected chi connectivity index (χ1v) is 8.74. The van der Waals surface area contributed by atoms with Crippen LogP contribution in [0.15, 0.2) is 6.07 Å². The summed E-state index contributed by atoms with van der Waals surface area (Å²) < 4.78 is 11.3. The molecule has 1 aromatic rings. The van der Waals surface area contributed by atoms with Crippen molar-refractivity contribution in [2.45, 2.75) is 59.2 Å². The first kappa shape index (κ1) is 16.9. The highest BCUT2D eigenvalue weighted by molar-refractivity contribution is 7.12. The van der Waals surface area contributed by atoms with Crippen LogP contribution < -0.4 is 5.32 Å². The van der Waals surface area contributed by atoms with Crippen LogP contribution >= 0.6 is 11.3 Å². The molecule has 0 amide bonds. The number of hydrogen-bond donors (Lipinski definition) is 1. The summed E-state index contributed by atoms with van der Waals surface area (Å²) in [6, 6.07) is 2.29. The normalized spacial score (nSPS) is 17.3. The molecule has 0 spiro atoms. The molecule has 3 nitrogen and oxygen atoms in total. The van der Waals surface area contributed by atoms with Gasteiger partial charge in [-0.25, -0.2) is 0 Å². The maximum atomic E-state index is 5.93. The van der Waals surface area contributed by atoms with Crippen LogP contribution in [0, 0.1) is 12.8 Å². The van der Waals surface area contributed by atoms with E-state index < -0.39 is 0 Å². The zero-order valence-corrected chi connectivity index (χ0v) is 14.6. The molecule has 0 atom stereocenters. The van der Waals surface area contributed by atoms with E-state index in [0.29, 0.717) is 5.92 Å². The average molecular weight is 311 g/mol. The summed E-state index contributed by atoms with van der Waals surface area (Å²) in [7, 11) is 0. The molecule has 1 fully saturated rings. The predicted octanol–water partition coefficient (Wildman–Crippen LogP) is 3.89. The molecular weight excluding hydrogens is 282 g/mol. The van der Waals surface area contributed by atoms with Crippen LogP contribution in [-0.2, 0) is 22.6 Å². The molecule has 1 saturated heterocycles. The molecule has 0 saturated carbocycles. The van der Waals surface area contributed by atoms with E-state index in [1.165, 1.54) is 15.3 Å². The molecule has 1 N–H and O–H groups in total. The van der Waals surface area contributed by atoms with Crippen LogP contribution in [0.3, 0.4) is 0 Å². The van der Waals surface area contributed by atoms with Crippen molar-refractivity contribution in [3.63, 3.8) is 0 Å². The Labute approximate surface area is 133 Å². The third kappa shape index (κ3) is 6.07. The number of nitrogens with one attached hydrogen (secondary N) is 1.